The Morgan fingerprint density at radius 2 is 1.90 bits per heavy atom. The standard InChI is InChI=1S/C17H19NO2/c1-3-13-11-16(18-12-14(13)4-2)15-5-7-17(8-6-15)19-9-10-20-17/h3-5,11-12H,1-2,6-10H2. The number of aromatic nitrogens is 1. The van der Waals surface area contributed by atoms with E-state index in [1.165, 1.54) is 5.57 Å². The van der Waals surface area contributed by atoms with Crippen molar-refractivity contribution < 1.29 is 9.47 Å². The van der Waals surface area contributed by atoms with Crippen molar-refractivity contribution in [1.82, 2.24) is 4.98 Å². The molecular formula is C17H19NO2. The van der Waals surface area contributed by atoms with Gasteiger partial charge in [-0.15, -0.1) is 0 Å². The van der Waals surface area contributed by atoms with Crippen molar-refractivity contribution in [3.05, 3.63) is 48.3 Å². The van der Waals surface area contributed by atoms with Crippen molar-refractivity contribution in [3.63, 3.8) is 0 Å². The minimum absolute atomic E-state index is 0.369. The molecule has 0 aromatic carbocycles. The molecule has 20 heavy (non-hydrogen) atoms. The van der Waals surface area contributed by atoms with Gasteiger partial charge in [-0.05, 0) is 29.2 Å². The third-order valence-electron chi connectivity index (χ3n) is 3.99. The second-order valence-corrected chi connectivity index (χ2v) is 5.15. The second kappa shape index (κ2) is 5.35. The Morgan fingerprint density at radius 1 is 1.15 bits per heavy atom. The van der Waals surface area contributed by atoms with Crippen LogP contribution in [0.25, 0.3) is 17.7 Å². The first kappa shape index (κ1) is 13.3. The molecule has 0 bridgehead atoms. The molecule has 1 aliphatic carbocycles. The van der Waals surface area contributed by atoms with Crippen LogP contribution >= 0.6 is 0 Å². The summed E-state index contributed by atoms with van der Waals surface area (Å²) in [6.45, 7) is 9.05. The van der Waals surface area contributed by atoms with Crippen LogP contribution in [-0.4, -0.2) is 24.0 Å². The number of hydrogen-bond acceptors (Lipinski definition) is 3. The smallest absolute Gasteiger partial charge is 0.172 e. The fraction of sp³-hybridized carbons (Fsp3) is 0.353. The number of hydrogen-bond donors (Lipinski definition) is 0. The lowest BCUT2D eigenvalue weighted by Gasteiger charge is -2.30. The predicted octanol–water partition coefficient (Wildman–Crippen LogP) is 3.68. The van der Waals surface area contributed by atoms with Crippen LogP contribution in [0.1, 0.15) is 36.1 Å². The normalized spacial score (nSPS) is 20.7. The highest BCUT2D eigenvalue weighted by Crippen LogP contribution is 2.38. The third kappa shape index (κ3) is 2.35. The Hall–Kier alpha value is -1.71. The van der Waals surface area contributed by atoms with Crippen molar-refractivity contribution >= 4 is 17.7 Å². The molecule has 1 fully saturated rings. The summed E-state index contributed by atoms with van der Waals surface area (Å²) in [6.07, 6.45) is 10.3. The average molecular weight is 269 g/mol. The Labute approximate surface area is 119 Å². The number of rotatable bonds is 3. The molecular weight excluding hydrogens is 250 g/mol. The van der Waals surface area contributed by atoms with E-state index >= 15 is 0 Å². The SMILES string of the molecule is C=Cc1cnc(C2=CCC3(CC2)OCCO3)cc1C=C. The number of ether oxygens (including phenoxy) is 2. The summed E-state index contributed by atoms with van der Waals surface area (Å²) in [7, 11) is 0. The molecule has 3 rings (SSSR count). The Balaban J connectivity index is 1.85. The largest absolute Gasteiger partial charge is 0.347 e. The van der Waals surface area contributed by atoms with Gasteiger partial charge in [-0.2, -0.15) is 0 Å². The molecule has 2 heterocycles. The van der Waals surface area contributed by atoms with Crippen molar-refractivity contribution in [3.8, 4) is 0 Å². The van der Waals surface area contributed by atoms with Gasteiger partial charge in [-0.1, -0.05) is 31.4 Å². The van der Waals surface area contributed by atoms with E-state index in [1.54, 1.807) is 6.08 Å². The maximum absolute atomic E-state index is 5.73. The number of allylic oxidation sites excluding steroid dienone is 1. The van der Waals surface area contributed by atoms with Crippen molar-refractivity contribution in [2.24, 2.45) is 0 Å². The highest BCUT2D eigenvalue weighted by Gasteiger charge is 2.37. The van der Waals surface area contributed by atoms with Crippen LogP contribution in [0.15, 0.2) is 31.5 Å². The van der Waals surface area contributed by atoms with Gasteiger partial charge in [0.1, 0.15) is 0 Å². The molecule has 2 aliphatic rings. The van der Waals surface area contributed by atoms with E-state index in [2.05, 4.69) is 30.3 Å². The minimum atomic E-state index is -0.369. The number of pyridine rings is 1. The van der Waals surface area contributed by atoms with Gasteiger partial charge in [0.25, 0.3) is 0 Å². The molecule has 104 valence electrons. The summed E-state index contributed by atoms with van der Waals surface area (Å²) in [6, 6.07) is 2.07. The van der Waals surface area contributed by atoms with E-state index in [0.29, 0.717) is 13.2 Å². The van der Waals surface area contributed by atoms with Gasteiger partial charge in [0, 0.05) is 19.0 Å². The van der Waals surface area contributed by atoms with Gasteiger partial charge in [0.05, 0.1) is 18.9 Å². The second-order valence-electron chi connectivity index (χ2n) is 5.15. The first-order valence-electron chi connectivity index (χ1n) is 6.98. The molecule has 0 radical (unpaired) electrons. The Morgan fingerprint density at radius 3 is 2.50 bits per heavy atom. The number of nitrogens with zero attached hydrogens (tertiary/aromatic N) is 1. The van der Waals surface area contributed by atoms with E-state index in [4.69, 9.17) is 9.47 Å². The molecule has 1 saturated heterocycles. The lowest BCUT2D eigenvalue weighted by Crippen LogP contribution is -2.31. The van der Waals surface area contributed by atoms with Gasteiger partial charge < -0.3 is 9.47 Å². The molecule has 0 saturated carbocycles. The Bertz CT molecular complexity index is 568. The monoisotopic (exact) mass is 269 g/mol. The van der Waals surface area contributed by atoms with E-state index in [1.807, 2.05) is 12.3 Å². The molecule has 1 aromatic heterocycles. The molecule has 1 aromatic rings. The highest BCUT2D eigenvalue weighted by atomic mass is 16.7. The van der Waals surface area contributed by atoms with Crippen LogP contribution in [0.3, 0.4) is 0 Å². The van der Waals surface area contributed by atoms with Gasteiger partial charge in [0.2, 0.25) is 0 Å². The van der Waals surface area contributed by atoms with Gasteiger partial charge in [0.15, 0.2) is 5.79 Å². The molecule has 0 unspecified atom stereocenters. The summed E-state index contributed by atoms with van der Waals surface area (Å²) in [5.74, 6) is -0.369. The topological polar surface area (TPSA) is 31.4 Å². The summed E-state index contributed by atoms with van der Waals surface area (Å²) in [5, 5.41) is 0. The van der Waals surface area contributed by atoms with Crippen LogP contribution in [0, 0.1) is 0 Å². The lowest BCUT2D eigenvalue weighted by molar-refractivity contribution is -0.159. The maximum atomic E-state index is 5.73. The average Bonchev–Trinajstić information content (AvgIpc) is 2.95. The summed E-state index contributed by atoms with van der Waals surface area (Å²) >= 11 is 0. The minimum Gasteiger partial charge on any atom is -0.347 e. The zero-order chi connectivity index (χ0) is 14.0. The first-order chi connectivity index (χ1) is 9.76. The molecule has 3 nitrogen and oxygen atoms in total. The fourth-order valence-corrected chi connectivity index (χ4v) is 2.80. The van der Waals surface area contributed by atoms with E-state index < -0.39 is 0 Å². The van der Waals surface area contributed by atoms with E-state index in [-0.39, 0.29) is 5.79 Å². The summed E-state index contributed by atoms with van der Waals surface area (Å²) < 4.78 is 11.5. The zero-order valence-electron chi connectivity index (χ0n) is 11.6. The van der Waals surface area contributed by atoms with Crippen LogP contribution in [-0.2, 0) is 9.47 Å². The van der Waals surface area contributed by atoms with E-state index in [9.17, 15) is 0 Å². The van der Waals surface area contributed by atoms with Crippen molar-refractivity contribution in [2.45, 2.75) is 25.0 Å². The fourth-order valence-electron chi connectivity index (χ4n) is 2.80. The van der Waals surface area contributed by atoms with Gasteiger partial charge in [-0.3, -0.25) is 4.98 Å². The van der Waals surface area contributed by atoms with Crippen LogP contribution in [0.2, 0.25) is 0 Å². The van der Waals surface area contributed by atoms with E-state index in [0.717, 1.165) is 36.1 Å². The molecule has 0 amide bonds. The maximum Gasteiger partial charge on any atom is 0.172 e. The molecule has 0 N–H and O–H groups in total. The molecule has 1 aliphatic heterocycles. The Kier molecular flexibility index (Phi) is 3.55. The molecule has 3 heteroatoms. The van der Waals surface area contributed by atoms with Crippen molar-refractivity contribution in [1.29, 1.82) is 0 Å². The van der Waals surface area contributed by atoms with Crippen LogP contribution in [0.4, 0.5) is 0 Å². The summed E-state index contributed by atoms with van der Waals surface area (Å²) in [4.78, 5) is 4.53. The highest BCUT2D eigenvalue weighted by molar-refractivity contribution is 5.70. The quantitative estimate of drug-likeness (QED) is 0.838. The molecule has 0 atom stereocenters. The first-order valence-corrected chi connectivity index (χ1v) is 6.98. The third-order valence-corrected chi connectivity index (χ3v) is 3.99. The molecule has 1 spiro atoms. The lowest BCUT2D eigenvalue weighted by atomic mass is 9.91. The summed E-state index contributed by atoms with van der Waals surface area (Å²) in [5.41, 5.74) is 4.35. The predicted molar refractivity (Wildman–Crippen MR) is 80.9 cm³/mol. The van der Waals surface area contributed by atoms with Crippen LogP contribution < -0.4 is 0 Å². The van der Waals surface area contributed by atoms with Crippen molar-refractivity contribution in [2.75, 3.05) is 13.2 Å². The zero-order valence-corrected chi connectivity index (χ0v) is 11.6. The van der Waals surface area contributed by atoms with Gasteiger partial charge in [-0.25, -0.2) is 0 Å². The van der Waals surface area contributed by atoms with Crippen LogP contribution in [0.5, 0.6) is 0 Å². The van der Waals surface area contributed by atoms with Gasteiger partial charge >= 0.3 is 0 Å².